The van der Waals surface area contributed by atoms with E-state index in [4.69, 9.17) is 25.8 Å². The van der Waals surface area contributed by atoms with E-state index in [2.05, 4.69) is 5.32 Å². The van der Waals surface area contributed by atoms with Crippen LogP contribution in [0.5, 0.6) is 17.2 Å². The molecule has 3 rings (SSSR count). The van der Waals surface area contributed by atoms with Crippen LogP contribution in [0, 0.1) is 0 Å². The molecule has 0 bridgehead atoms. The third kappa shape index (κ3) is 4.07. The highest BCUT2D eigenvalue weighted by Crippen LogP contribution is 2.30. The highest BCUT2D eigenvalue weighted by atomic mass is 35.5. The van der Waals surface area contributed by atoms with Crippen LogP contribution in [-0.2, 0) is 4.79 Å². The van der Waals surface area contributed by atoms with Crippen molar-refractivity contribution in [3.05, 3.63) is 53.6 Å². The van der Waals surface area contributed by atoms with Gasteiger partial charge < -0.3 is 19.5 Å². The van der Waals surface area contributed by atoms with Crippen LogP contribution in [-0.4, -0.2) is 31.8 Å². The molecule has 6 heteroatoms. The Balaban J connectivity index is 1.42. The minimum absolute atomic E-state index is 0.195. The molecule has 1 atom stereocenters. The predicted molar refractivity (Wildman–Crippen MR) is 86.3 cm³/mol. The van der Waals surface area contributed by atoms with Gasteiger partial charge in [0.15, 0.2) is 11.5 Å². The van der Waals surface area contributed by atoms with Gasteiger partial charge in [-0.25, -0.2) is 0 Å². The summed E-state index contributed by atoms with van der Waals surface area (Å²) in [6.07, 6.45) is -0.652. The molecule has 1 aliphatic heterocycles. The van der Waals surface area contributed by atoms with E-state index < -0.39 is 6.10 Å². The summed E-state index contributed by atoms with van der Waals surface area (Å²) in [7, 11) is 0. The van der Waals surface area contributed by atoms with Crippen molar-refractivity contribution in [2.45, 2.75) is 6.10 Å². The van der Waals surface area contributed by atoms with Crippen LogP contribution < -0.4 is 19.5 Å². The van der Waals surface area contributed by atoms with Crippen LogP contribution in [0.25, 0.3) is 0 Å². The van der Waals surface area contributed by atoms with Crippen molar-refractivity contribution < 1.29 is 19.0 Å². The van der Waals surface area contributed by atoms with Gasteiger partial charge in [0.2, 0.25) is 6.10 Å². The number of halogens is 1. The number of hydrogen-bond donors (Lipinski definition) is 1. The first-order valence-electron chi connectivity index (χ1n) is 7.27. The van der Waals surface area contributed by atoms with E-state index in [0.29, 0.717) is 35.4 Å². The number of nitrogens with one attached hydrogen (secondary N) is 1. The smallest absolute Gasteiger partial charge is 0.264 e. The zero-order chi connectivity index (χ0) is 16.1. The molecule has 1 amide bonds. The summed E-state index contributed by atoms with van der Waals surface area (Å²) in [5.41, 5.74) is 0. The fourth-order valence-electron chi connectivity index (χ4n) is 2.14. The monoisotopic (exact) mass is 333 g/mol. The molecular weight excluding hydrogens is 318 g/mol. The molecule has 0 fully saturated rings. The molecule has 0 aromatic heterocycles. The van der Waals surface area contributed by atoms with Crippen molar-refractivity contribution in [3.63, 3.8) is 0 Å². The number of para-hydroxylation sites is 2. The first-order chi connectivity index (χ1) is 11.2. The average molecular weight is 334 g/mol. The molecule has 0 saturated carbocycles. The second kappa shape index (κ2) is 7.24. The second-order valence-electron chi connectivity index (χ2n) is 4.96. The Bertz CT molecular complexity index is 675. The fourth-order valence-corrected chi connectivity index (χ4v) is 2.26. The molecule has 120 valence electrons. The van der Waals surface area contributed by atoms with Crippen LogP contribution in [0.15, 0.2) is 48.5 Å². The van der Waals surface area contributed by atoms with E-state index in [0.717, 1.165) is 0 Å². The van der Waals surface area contributed by atoms with Crippen molar-refractivity contribution in [1.29, 1.82) is 0 Å². The van der Waals surface area contributed by atoms with E-state index in [1.807, 2.05) is 18.2 Å². The lowest BCUT2D eigenvalue weighted by Crippen LogP contribution is -2.45. The average Bonchev–Trinajstić information content (AvgIpc) is 2.59. The Labute approximate surface area is 139 Å². The first kappa shape index (κ1) is 15.5. The third-order valence-corrected chi connectivity index (χ3v) is 3.54. The maximum Gasteiger partial charge on any atom is 0.264 e. The summed E-state index contributed by atoms with van der Waals surface area (Å²) < 4.78 is 16.7. The Morgan fingerprint density at radius 3 is 2.70 bits per heavy atom. The lowest BCUT2D eigenvalue weighted by atomic mass is 10.2. The fraction of sp³-hybridized carbons (Fsp3) is 0.235. The highest BCUT2D eigenvalue weighted by Gasteiger charge is 2.26. The number of carbonyl (C=O) groups excluding carboxylic acids is 1. The minimum Gasteiger partial charge on any atom is -0.492 e. The van der Waals surface area contributed by atoms with Gasteiger partial charge in [0.25, 0.3) is 5.91 Å². The number of fused-ring (bicyclic) bond motifs is 1. The van der Waals surface area contributed by atoms with Gasteiger partial charge in [-0.15, -0.1) is 0 Å². The molecule has 0 unspecified atom stereocenters. The van der Waals surface area contributed by atoms with Crippen molar-refractivity contribution >= 4 is 17.5 Å². The van der Waals surface area contributed by atoms with Gasteiger partial charge in [0.05, 0.1) is 6.54 Å². The second-order valence-corrected chi connectivity index (χ2v) is 5.39. The molecule has 0 radical (unpaired) electrons. The minimum atomic E-state index is -0.652. The van der Waals surface area contributed by atoms with Crippen molar-refractivity contribution in [2.24, 2.45) is 0 Å². The molecule has 0 spiro atoms. The number of hydrogen-bond acceptors (Lipinski definition) is 4. The molecule has 1 N–H and O–H groups in total. The summed E-state index contributed by atoms with van der Waals surface area (Å²) >= 11 is 5.80. The van der Waals surface area contributed by atoms with Gasteiger partial charge in [-0.05, 0) is 36.4 Å². The molecule has 0 aliphatic carbocycles. The van der Waals surface area contributed by atoms with E-state index in [1.54, 1.807) is 30.3 Å². The SMILES string of the molecule is O=C(NCCOc1ccc(Cl)cc1)[C@H]1COc2ccccc2O1. The topological polar surface area (TPSA) is 56.8 Å². The Morgan fingerprint density at radius 2 is 1.91 bits per heavy atom. The first-order valence-corrected chi connectivity index (χ1v) is 7.65. The normalized spacial score (nSPS) is 15.8. The summed E-state index contributed by atoms with van der Waals surface area (Å²) in [5, 5.41) is 3.42. The van der Waals surface area contributed by atoms with Gasteiger partial charge in [-0.2, -0.15) is 0 Å². The predicted octanol–water partition coefficient (Wildman–Crippen LogP) is 2.68. The summed E-state index contributed by atoms with van der Waals surface area (Å²) in [4.78, 5) is 12.1. The highest BCUT2D eigenvalue weighted by molar-refractivity contribution is 6.30. The van der Waals surface area contributed by atoms with E-state index in [-0.39, 0.29) is 12.5 Å². The van der Waals surface area contributed by atoms with Gasteiger partial charge in [0.1, 0.15) is 19.0 Å². The van der Waals surface area contributed by atoms with Crippen molar-refractivity contribution in [2.75, 3.05) is 19.8 Å². The molecule has 0 saturated heterocycles. The van der Waals surface area contributed by atoms with E-state index in [1.165, 1.54) is 0 Å². The zero-order valence-electron chi connectivity index (χ0n) is 12.3. The number of carbonyl (C=O) groups is 1. The van der Waals surface area contributed by atoms with Crippen LogP contribution in [0.4, 0.5) is 0 Å². The Morgan fingerprint density at radius 1 is 1.17 bits per heavy atom. The molecule has 2 aromatic rings. The Hall–Kier alpha value is -2.40. The van der Waals surface area contributed by atoms with Crippen molar-refractivity contribution in [1.82, 2.24) is 5.32 Å². The molecule has 5 nitrogen and oxygen atoms in total. The number of rotatable bonds is 5. The molecule has 23 heavy (non-hydrogen) atoms. The Kier molecular flexibility index (Phi) is 4.88. The quantitative estimate of drug-likeness (QED) is 0.855. The summed E-state index contributed by atoms with van der Waals surface area (Å²) in [5.74, 6) is 1.72. The van der Waals surface area contributed by atoms with E-state index >= 15 is 0 Å². The molecule has 1 aliphatic rings. The molecule has 1 heterocycles. The lowest BCUT2D eigenvalue weighted by Gasteiger charge is -2.25. The van der Waals surface area contributed by atoms with Gasteiger partial charge >= 0.3 is 0 Å². The summed E-state index contributed by atoms with van der Waals surface area (Å²) in [6, 6.07) is 14.3. The zero-order valence-corrected chi connectivity index (χ0v) is 13.1. The van der Waals surface area contributed by atoms with Gasteiger partial charge in [-0.3, -0.25) is 4.79 Å². The van der Waals surface area contributed by atoms with E-state index in [9.17, 15) is 4.79 Å². The standard InChI is InChI=1S/C17H16ClNO4/c18-12-5-7-13(8-6-12)21-10-9-19-17(20)16-11-22-14-3-1-2-4-15(14)23-16/h1-8,16H,9-11H2,(H,19,20)/t16-/m1/s1. The van der Waals surface area contributed by atoms with Crippen LogP contribution in [0.2, 0.25) is 5.02 Å². The number of benzene rings is 2. The van der Waals surface area contributed by atoms with Crippen molar-refractivity contribution in [3.8, 4) is 17.2 Å². The largest absolute Gasteiger partial charge is 0.492 e. The van der Waals surface area contributed by atoms with Crippen LogP contribution >= 0.6 is 11.6 Å². The van der Waals surface area contributed by atoms with Gasteiger partial charge in [-0.1, -0.05) is 23.7 Å². The van der Waals surface area contributed by atoms with Gasteiger partial charge in [0, 0.05) is 5.02 Å². The maximum atomic E-state index is 12.1. The van der Waals surface area contributed by atoms with Crippen LogP contribution in [0.3, 0.4) is 0 Å². The molecule has 2 aromatic carbocycles. The maximum absolute atomic E-state index is 12.1. The number of amides is 1. The third-order valence-electron chi connectivity index (χ3n) is 3.28. The number of ether oxygens (including phenoxy) is 3. The van der Waals surface area contributed by atoms with Crippen LogP contribution in [0.1, 0.15) is 0 Å². The molecular formula is C17H16ClNO4. The summed E-state index contributed by atoms with van der Waals surface area (Å²) in [6.45, 7) is 0.932. The lowest BCUT2D eigenvalue weighted by molar-refractivity contribution is -0.130.